The van der Waals surface area contributed by atoms with Gasteiger partial charge in [-0.1, -0.05) is 0 Å². The topological polar surface area (TPSA) is 56.7 Å². The summed E-state index contributed by atoms with van der Waals surface area (Å²) in [6.45, 7) is 0.900. The van der Waals surface area contributed by atoms with Crippen molar-refractivity contribution in [1.29, 1.82) is 0 Å². The lowest BCUT2D eigenvalue weighted by Crippen LogP contribution is -2.11. The first kappa shape index (κ1) is 15.9. The summed E-state index contributed by atoms with van der Waals surface area (Å²) in [4.78, 5) is 4.09. The Kier molecular flexibility index (Phi) is 4.90. The molecule has 1 aliphatic carbocycles. The fourth-order valence-corrected chi connectivity index (χ4v) is 2.75. The SMILES string of the molecule is Cl.NCCCn1nc2c(c1C(F)F)CCc1cnccc1-2. The second-order valence-corrected chi connectivity index (χ2v) is 4.91. The average molecular weight is 315 g/mol. The smallest absolute Gasteiger partial charge is 0.280 e. The summed E-state index contributed by atoms with van der Waals surface area (Å²) in [6.07, 6.45) is 2.93. The average Bonchev–Trinajstić information content (AvgIpc) is 2.84. The van der Waals surface area contributed by atoms with Gasteiger partial charge in [-0.15, -0.1) is 12.4 Å². The van der Waals surface area contributed by atoms with E-state index in [0.717, 1.165) is 17.5 Å². The maximum atomic E-state index is 13.3. The van der Waals surface area contributed by atoms with Crippen LogP contribution in [0.2, 0.25) is 0 Å². The van der Waals surface area contributed by atoms with Crippen LogP contribution in [0.4, 0.5) is 8.78 Å². The monoisotopic (exact) mass is 314 g/mol. The van der Waals surface area contributed by atoms with Gasteiger partial charge in [0.15, 0.2) is 0 Å². The zero-order chi connectivity index (χ0) is 14.1. The molecule has 0 saturated heterocycles. The van der Waals surface area contributed by atoms with Crippen molar-refractivity contribution in [1.82, 2.24) is 14.8 Å². The summed E-state index contributed by atoms with van der Waals surface area (Å²) in [6, 6.07) is 1.85. The maximum Gasteiger partial charge on any atom is 0.280 e. The largest absolute Gasteiger partial charge is 0.330 e. The molecule has 7 heteroatoms. The molecule has 1 aliphatic rings. The van der Waals surface area contributed by atoms with E-state index in [1.807, 2.05) is 6.07 Å². The Labute approximate surface area is 127 Å². The van der Waals surface area contributed by atoms with Crippen LogP contribution >= 0.6 is 12.4 Å². The highest BCUT2D eigenvalue weighted by atomic mass is 35.5. The molecule has 2 aromatic heterocycles. The van der Waals surface area contributed by atoms with Gasteiger partial charge in [0.05, 0.1) is 5.69 Å². The van der Waals surface area contributed by atoms with E-state index in [2.05, 4.69) is 10.1 Å². The quantitative estimate of drug-likeness (QED) is 0.944. The van der Waals surface area contributed by atoms with Gasteiger partial charge in [0.2, 0.25) is 0 Å². The molecule has 3 rings (SSSR count). The molecule has 0 atom stereocenters. The minimum atomic E-state index is -2.51. The molecule has 0 aliphatic heterocycles. The number of hydrogen-bond donors (Lipinski definition) is 1. The molecule has 21 heavy (non-hydrogen) atoms. The number of pyridine rings is 1. The maximum absolute atomic E-state index is 13.3. The second kappa shape index (κ2) is 6.49. The molecular formula is C14H17ClF2N4. The van der Waals surface area contributed by atoms with E-state index < -0.39 is 6.43 Å². The first-order valence-corrected chi connectivity index (χ1v) is 6.73. The molecule has 4 nitrogen and oxygen atoms in total. The van der Waals surface area contributed by atoms with E-state index in [1.165, 1.54) is 4.68 Å². The number of fused-ring (bicyclic) bond motifs is 3. The standard InChI is InChI=1S/C14H16F2N4.ClH/c15-14(16)13-11-3-2-9-8-18-6-4-10(9)12(11)19-20(13)7-1-5-17;/h4,6,8,14H,1-3,5,7,17H2;1H. The molecule has 0 spiro atoms. The fraction of sp³-hybridized carbons (Fsp3) is 0.429. The zero-order valence-corrected chi connectivity index (χ0v) is 12.2. The number of alkyl halides is 2. The van der Waals surface area contributed by atoms with Gasteiger partial charge >= 0.3 is 0 Å². The van der Waals surface area contributed by atoms with Crippen LogP contribution < -0.4 is 5.73 Å². The van der Waals surface area contributed by atoms with Gasteiger partial charge in [-0.3, -0.25) is 9.67 Å². The van der Waals surface area contributed by atoms with Crippen molar-refractivity contribution in [2.45, 2.75) is 32.2 Å². The Bertz CT molecular complexity index is 627. The minimum Gasteiger partial charge on any atom is -0.330 e. The molecule has 2 heterocycles. The fourth-order valence-electron chi connectivity index (χ4n) is 2.75. The summed E-state index contributed by atoms with van der Waals surface area (Å²) in [5.74, 6) is 0. The van der Waals surface area contributed by atoms with Crippen LogP contribution in [0.1, 0.15) is 29.7 Å². The van der Waals surface area contributed by atoms with E-state index >= 15 is 0 Å². The molecule has 0 fully saturated rings. The van der Waals surface area contributed by atoms with Gasteiger partial charge in [0.1, 0.15) is 5.69 Å². The van der Waals surface area contributed by atoms with Crippen molar-refractivity contribution >= 4 is 12.4 Å². The summed E-state index contributed by atoms with van der Waals surface area (Å²) in [5, 5.41) is 4.40. The third-order valence-corrected chi connectivity index (χ3v) is 3.68. The van der Waals surface area contributed by atoms with Crippen molar-refractivity contribution < 1.29 is 8.78 Å². The van der Waals surface area contributed by atoms with E-state index in [1.54, 1.807) is 12.4 Å². The minimum absolute atomic E-state index is 0. The van der Waals surface area contributed by atoms with Gasteiger partial charge in [-0.05, 0) is 37.4 Å². The Balaban J connectivity index is 0.00000161. The highest BCUT2D eigenvalue weighted by Gasteiger charge is 2.28. The number of aromatic nitrogens is 3. The second-order valence-electron chi connectivity index (χ2n) is 4.91. The lowest BCUT2D eigenvalue weighted by Gasteiger charge is -2.15. The third-order valence-electron chi connectivity index (χ3n) is 3.68. The molecule has 2 aromatic rings. The van der Waals surface area contributed by atoms with Crippen LogP contribution in [0.3, 0.4) is 0 Å². The van der Waals surface area contributed by atoms with Crippen LogP contribution in [-0.2, 0) is 19.4 Å². The molecule has 114 valence electrons. The van der Waals surface area contributed by atoms with Crippen molar-refractivity contribution in [2.24, 2.45) is 5.73 Å². The van der Waals surface area contributed by atoms with Crippen LogP contribution in [0.5, 0.6) is 0 Å². The number of halogens is 3. The Morgan fingerprint density at radius 3 is 2.86 bits per heavy atom. The van der Waals surface area contributed by atoms with Crippen molar-refractivity contribution in [2.75, 3.05) is 6.54 Å². The van der Waals surface area contributed by atoms with E-state index in [0.29, 0.717) is 37.2 Å². The number of aryl methyl sites for hydroxylation is 2. The molecule has 0 amide bonds. The van der Waals surface area contributed by atoms with Crippen LogP contribution in [-0.4, -0.2) is 21.3 Å². The zero-order valence-electron chi connectivity index (χ0n) is 11.4. The van der Waals surface area contributed by atoms with Crippen LogP contribution in [0.25, 0.3) is 11.3 Å². The van der Waals surface area contributed by atoms with Gasteiger partial charge in [0.25, 0.3) is 6.43 Å². The predicted octanol–water partition coefficient (Wildman–Crippen LogP) is 2.75. The third kappa shape index (κ3) is 2.78. The van der Waals surface area contributed by atoms with Gasteiger partial charge in [0, 0.05) is 30.1 Å². The summed E-state index contributed by atoms with van der Waals surface area (Å²) < 4.78 is 28.1. The normalized spacial score (nSPS) is 12.8. The lowest BCUT2D eigenvalue weighted by atomic mass is 9.90. The summed E-state index contributed by atoms with van der Waals surface area (Å²) >= 11 is 0. The number of hydrogen-bond acceptors (Lipinski definition) is 3. The highest BCUT2D eigenvalue weighted by Crippen LogP contribution is 2.37. The van der Waals surface area contributed by atoms with E-state index in [-0.39, 0.29) is 18.1 Å². The first-order chi connectivity index (χ1) is 9.72. The van der Waals surface area contributed by atoms with Crippen LogP contribution in [0, 0.1) is 0 Å². The number of rotatable bonds is 4. The van der Waals surface area contributed by atoms with E-state index in [4.69, 9.17) is 5.73 Å². The highest BCUT2D eigenvalue weighted by molar-refractivity contribution is 5.85. The number of nitrogens with two attached hydrogens (primary N) is 1. The van der Waals surface area contributed by atoms with Gasteiger partial charge < -0.3 is 5.73 Å². The van der Waals surface area contributed by atoms with Gasteiger partial charge in [-0.2, -0.15) is 5.10 Å². The van der Waals surface area contributed by atoms with E-state index in [9.17, 15) is 8.78 Å². The Hall–Kier alpha value is -1.53. The molecule has 0 aromatic carbocycles. The van der Waals surface area contributed by atoms with Crippen molar-refractivity contribution in [3.05, 3.63) is 35.3 Å². The predicted molar refractivity (Wildman–Crippen MR) is 78.7 cm³/mol. The molecular weight excluding hydrogens is 298 g/mol. The Morgan fingerprint density at radius 1 is 1.33 bits per heavy atom. The molecule has 0 unspecified atom stereocenters. The number of nitrogens with zero attached hydrogens (tertiary/aromatic N) is 3. The van der Waals surface area contributed by atoms with Crippen molar-refractivity contribution in [3.63, 3.8) is 0 Å². The first-order valence-electron chi connectivity index (χ1n) is 6.73. The van der Waals surface area contributed by atoms with Crippen molar-refractivity contribution in [3.8, 4) is 11.3 Å². The molecule has 0 radical (unpaired) electrons. The molecule has 2 N–H and O–H groups in total. The summed E-state index contributed by atoms with van der Waals surface area (Å²) in [5.41, 5.74) is 8.87. The van der Waals surface area contributed by atoms with Crippen LogP contribution in [0.15, 0.2) is 18.5 Å². The lowest BCUT2D eigenvalue weighted by molar-refractivity contribution is 0.137. The Morgan fingerprint density at radius 2 is 2.14 bits per heavy atom. The molecule has 0 bridgehead atoms. The summed E-state index contributed by atoms with van der Waals surface area (Å²) in [7, 11) is 0. The molecule has 0 saturated carbocycles. The van der Waals surface area contributed by atoms with Gasteiger partial charge in [-0.25, -0.2) is 8.78 Å².